The predicted octanol–water partition coefficient (Wildman–Crippen LogP) is 2.78. The second-order valence-corrected chi connectivity index (χ2v) is 5.29. The molecule has 6 nitrogen and oxygen atoms in total. The number of imidazole rings is 1. The Morgan fingerprint density at radius 3 is 2.74 bits per heavy atom. The lowest BCUT2D eigenvalue weighted by Crippen LogP contribution is -2.31. The normalized spacial score (nSPS) is 11.8. The Morgan fingerprint density at radius 1 is 1.26 bits per heavy atom. The Morgan fingerprint density at radius 2 is 2.05 bits per heavy atom. The highest BCUT2D eigenvalue weighted by atomic mass is 15.2. The Hall–Kier alpha value is -1.85. The van der Waals surface area contributed by atoms with Gasteiger partial charge in [-0.15, -0.1) is 0 Å². The third-order valence-corrected chi connectivity index (χ3v) is 2.95. The van der Waals surface area contributed by atoms with Gasteiger partial charge in [-0.3, -0.25) is 0 Å². The van der Waals surface area contributed by atoms with Crippen molar-refractivity contribution < 1.29 is 0 Å². The van der Waals surface area contributed by atoms with Gasteiger partial charge in [0.15, 0.2) is 11.5 Å². The number of aromatic nitrogens is 4. The van der Waals surface area contributed by atoms with Gasteiger partial charge in [0, 0.05) is 12.1 Å². The van der Waals surface area contributed by atoms with Gasteiger partial charge in [-0.25, -0.2) is 4.98 Å². The molecule has 104 valence electrons. The maximum Gasteiger partial charge on any atom is 0.226 e. The maximum absolute atomic E-state index is 4.53. The van der Waals surface area contributed by atoms with Crippen LogP contribution in [0.1, 0.15) is 40.5 Å². The van der Waals surface area contributed by atoms with Gasteiger partial charge in [0.05, 0.1) is 6.33 Å². The molecule has 0 radical (unpaired) electrons. The van der Waals surface area contributed by atoms with E-state index in [-0.39, 0.29) is 5.54 Å². The van der Waals surface area contributed by atoms with Crippen LogP contribution in [0.5, 0.6) is 0 Å². The summed E-state index contributed by atoms with van der Waals surface area (Å²) < 4.78 is 0. The van der Waals surface area contributed by atoms with Crippen molar-refractivity contribution in [1.29, 1.82) is 0 Å². The third-order valence-electron chi connectivity index (χ3n) is 2.95. The smallest absolute Gasteiger partial charge is 0.226 e. The highest BCUT2D eigenvalue weighted by Gasteiger charge is 2.19. The monoisotopic (exact) mass is 262 g/mol. The zero-order valence-electron chi connectivity index (χ0n) is 12.0. The molecular weight excluding hydrogens is 240 g/mol. The third kappa shape index (κ3) is 3.13. The minimum Gasteiger partial charge on any atom is -0.363 e. The number of nitrogens with one attached hydrogen (secondary N) is 3. The maximum atomic E-state index is 4.53. The van der Waals surface area contributed by atoms with Crippen LogP contribution < -0.4 is 10.6 Å². The van der Waals surface area contributed by atoms with E-state index in [1.165, 1.54) is 0 Å². The molecule has 0 saturated heterocycles. The first kappa shape index (κ1) is 13.6. The Bertz CT molecular complexity index is 545. The number of hydrogen-bond donors (Lipinski definition) is 3. The molecular formula is C13H22N6. The van der Waals surface area contributed by atoms with E-state index in [4.69, 9.17) is 0 Å². The molecule has 19 heavy (non-hydrogen) atoms. The van der Waals surface area contributed by atoms with Crippen molar-refractivity contribution in [2.24, 2.45) is 0 Å². The number of nitrogens with zero attached hydrogens (tertiary/aromatic N) is 3. The van der Waals surface area contributed by atoms with E-state index in [1.54, 1.807) is 6.33 Å². The van der Waals surface area contributed by atoms with Crippen LogP contribution in [-0.2, 0) is 0 Å². The molecule has 6 heteroatoms. The first-order valence-electron chi connectivity index (χ1n) is 6.79. The van der Waals surface area contributed by atoms with Crippen molar-refractivity contribution in [2.75, 3.05) is 17.2 Å². The van der Waals surface area contributed by atoms with Crippen LogP contribution in [0.3, 0.4) is 0 Å². The highest BCUT2D eigenvalue weighted by Crippen LogP contribution is 2.24. The predicted molar refractivity (Wildman–Crippen MR) is 78.5 cm³/mol. The number of rotatable bonds is 6. The van der Waals surface area contributed by atoms with Gasteiger partial charge >= 0.3 is 0 Å². The van der Waals surface area contributed by atoms with Crippen molar-refractivity contribution in [3.8, 4) is 0 Å². The average Bonchev–Trinajstić information content (AvgIpc) is 2.77. The fourth-order valence-electron chi connectivity index (χ4n) is 2.17. The fourth-order valence-corrected chi connectivity index (χ4v) is 2.17. The first-order chi connectivity index (χ1) is 9.05. The van der Waals surface area contributed by atoms with Gasteiger partial charge < -0.3 is 15.6 Å². The molecule has 0 amide bonds. The van der Waals surface area contributed by atoms with Crippen molar-refractivity contribution >= 4 is 22.9 Å². The molecule has 0 unspecified atom stereocenters. The number of fused-ring (bicyclic) bond motifs is 1. The summed E-state index contributed by atoms with van der Waals surface area (Å²) >= 11 is 0. The van der Waals surface area contributed by atoms with Crippen molar-refractivity contribution in [3.63, 3.8) is 0 Å². The molecule has 0 atom stereocenters. The van der Waals surface area contributed by atoms with E-state index in [9.17, 15) is 0 Å². The number of H-pyrrole nitrogens is 1. The van der Waals surface area contributed by atoms with Crippen molar-refractivity contribution in [1.82, 2.24) is 19.9 Å². The summed E-state index contributed by atoms with van der Waals surface area (Å²) in [5.74, 6) is 1.41. The summed E-state index contributed by atoms with van der Waals surface area (Å²) in [5.41, 5.74) is 1.52. The first-order valence-corrected chi connectivity index (χ1v) is 6.79. The second-order valence-electron chi connectivity index (χ2n) is 5.29. The molecule has 0 fully saturated rings. The highest BCUT2D eigenvalue weighted by molar-refractivity contribution is 5.84. The Kier molecular flexibility index (Phi) is 3.87. The molecule has 2 aromatic heterocycles. The molecule has 3 N–H and O–H groups in total. The van der Waals surface area contributed by atoms with Gasteiger partial charge in [-0.1, -0.05) is 13.3 Å². The lowest BCUT2D eigenvalue weighted by Gasteiger charge is -2.26. The molecule has 0 aliphatic carbocycles. The molecule has 2 rings (SSSR count). The van der Waals surface area contributed by atoms with E-state index in [0.29, 0.717) is 11.6 Å². The average molecular weight is 262 g/mol. The SMILES string of the molecule is CCCC(C)(C)Nc1nc(NCC)nc2nc[nH]c12. The van der Waals surface area contributed by atoms with Crippen LogP contribution in [0.2, 0.25) is 0 Å². The fraction of sp³-hybridized carbons (Fsp3) is 0.615. The molecule has 0 bridgehead atoms. The lowest BCUT2D eigenvalue weighted by atomic mass is 9.99. The summed E-state index contributed by atoms with van der Waals surface area (Å²) in [7, 11) is 0. The zero-order valence-corrected chi connectivity index (χ0v) is 12.0. The molecule has 0 aliphatic rings. The minimum atomic E-state index is -0.00930. The van der Waals surface area contributed by atoms with Gasteiger partial charge in [0.25, 0.3) is 0 Å². The number of aromatic amines is 1. The van der Waals surface area contributed by atoms with E-state index in [1.807, 2.05) is 6.92 Å². The second kappa shape index (κ2) is 5.42. The largest absolute Gasteiger partial charge is 0.363 e. The zero-order chi connectivity index (χ0) is 13.9. The molecule has 2 aromatic rings. The quantitative estimate of drug-likeness (QED) is 0.746. The van der Waals surface area contributed by atoms with Gasteiger partial charge in [0.2, 0.25) is 5.95 Å². The van der Waals surface area contributed by atoms with Crippen LogP contribution in [0.4, 0.5) is 11.8 Å². The van der Waals surface area contributed by atoms with Crippen molar-refractivity contribution in [2.45, 2.75) is 46.1 Å². The van der Waals surface area contributed by atoms with Crippen molar-refractivity contribution in [3.05, 3.63) is 6.33 Å². The standard InChI is InChI=1S/C13H22N6/c1-5-7-13(3,4)19-11-9-10(16-8-15-9)17-12(18-11)14-6-2/h8H,5-7H2,1-4H3,(H3,14,15,16,17,18,19). The Labute approximate surface area is 113 Å². The van der Waals surface area contributed by atoms with E-state index < -0.39 is 0 Å². The van der Waals surface area contributed by atoms with E-state index in [0.717, 1.165) is 30.7 Å². The number of hydrogen-bond acceptors (Lipinski definition) is 5. The Balaban J connectivity index is 2.37. The van der Waals surface area contributed by atoms with Gasteiger partial charge in [-0.2, -0.15) is 9.97 Å². The lowest BCUT2D eigenvalue weighted by molar-refractivity contribution is 0.509. The van der Waals surface area contributed by atoms with E-state index in [2.05, 4.69) is 51.3 Å². The molecule has 0 aliphatic heterocycles. The molecule has 2 heterocycles. The molecule has 0 spiro atoms. The summed E-state index contributed by atoms with van der Waals surface area (Å²) in [4.78, 5) is 16.2. The summed E-state index contributed by atoms with van der Waals surface area (Å²) in [6.45, 7) is 9.33. The van der Waals surface area contributed by atoms with E-state index >= 15 is 0 Å². The molecule has 0 aromatic carbocycles. The van der Waals surface area contributed by atoms with Crippen LogP contribution in [0.25, 0.3) is 11.2 Å². The molecule has 0 saturated carbocycles. The summed E-state index contributed by atoms with van der Waals surface area (Å²) in [6.07, 6.45) is 3.84. The summed E-state index contributed by atoms with van der Waals surface area (Å²) in [5, 5.41) is 6.62. The van der Waals surface area contributed by atoms with Crippen LogP contribution in [0.15, 0.2) is 6.33 Å². The van der Waals surface area contributed by atoms with Crippen LogP contribution >= 0.6 is 0 Å². The number of anilines is 2. The topological polar surface area (TPSA) is 78.5 Å². The summed E-state index contributed by atoms with van der Waals surface area (Å²) in [6, 6.07) is 0. The van der Waals surface area contributed by atoms with Crippen LogP contribution in [-0.4, -0.2) is 32.0 Å². The van der Waals surface area contributed by atoms with Gasteiger partial charge in [-0.05, 0) is 27.2 Å². The van der Waals surface area contributed by atoms with Gasteiger partial charge in [0.1, 0.15) is 5.52 Å². The van der Waals surface area contributed by atoms with Crippen LogP contribution in [0, 0.1) is 0 Å². The minimum absolute atomic E-state index is 0.00930.